The molecule has 1 radical (unpaired) electrons. The lowest BCUT2D eigenvalue weighted by atomic mass is 10.1. The normalized spacial score (nSPS) is 10.8. The second-order valence-corrected chi connectivity index (χ2v) is 4.89. The Hall–Kier alpha value is -1.61. The van der Waals surface area contributed by atoms with E-state index in [1.807, 2.05) is 36.4 Å². The van der Waals surface area contributed by atoms with Gasteiger partial charge in [-0.15, -0.1) is 0 Å². The van der Waals surface area contributed by atoms with Crippen LogP contribution >= 0.6 is 15.9 Å². The van der Waals surface area contributed by atoms with Crippen LogP contribution in [0.3, 0.4) is 0 Å². The molecule has 0 aliphatic heterocycles. The number of aryl methyl sites for hydroxylation is 1. The summed E-state index contributed by atoms with van der Waals surface area (Å²) in [4.78, 5) is 5.22. The van der Waals surface area contributed by atoms with Crippen molar-refractivity contribution in [3.8, 4) is 0 Å². The molecule has 0 spiro atoms. The first-order valence-electron chi connectivity index (χ1n) is 5.63. The minimum absolute atomic E-state index is 0.461. The van der Waals surface area contributed by atoms with E-state index in [-0.39, 0.29) is 0 Å². The smallest absolute Gasteiger partial charge is 0.142 e. The lowest BCUT2D eigenvalue weighted by Crippen LogP contribution is -1.89. The lowest BCUT2D eigenvalue weighted by Gasteiger charge is -2.00. The van der Waals surface area contributed by atoms with Crippen molar-refractivity contribution < 1.29 is 4.84 Å². The molecule has 2 rings (SSSR count). The van der Waals surface area contributed by atoms with E-state index < -0.39 is 0 Å². The van der Waals surface area contributed by atoms with Crippen molar-refractivity contribution in [2.24, 2.45) is 5.16 Å². The number of benzene rings is 2. The second kappa shape index (κ2) is 6.36. The number of hydrogen-bond donors (Lipinski definition) is 0. The first-order chi connectivity index (χ1) is 8.74. The zero-order chi connectivity index (χ0) is 12.8. The number of halogens is 1. The summed E-state index contributed by atoms with van der Waals surface area (Å²) in [5, 5.41) is 3.84. The molecule has 2 aromatic carbocycles. The van der Waals surface area contributed by atoms with Crippen molar-refractivity contribution in [3.05, 3.63) is 69.7 Å². The van der Waals surface area contributed by atoms with Crippen LogP contribution in [0.2, 0.25) is 0 Å². The van der Waals surface area contributed by atoms with Crippen molar-refractivity contribution in [1.29, 1.82) is 0 Å². The third-order valence-corrected chi connectivity index (χ3v) is 2.87. The maximum Gasteiger partial charge on any atom is 0.142 e. The van der Waals surface area contributed by atoms with Gasteiger partial charge in [0.1, 0.15) is 12.8 Å². The quantitative estimate of drug-likeness (QED) is 0.613. The average Bonchev–Trinajstić information content (AvgIpc) is 2.35. The molecule has 0 aromatic heterocycles. The predicted molar refractivity (Wildman–Crippen MR) is 76.6 cm³/mol. The molecule has 0 N–H and O–H groups in total. The highest BCUT2D eigenvalue weighted by Crippen LogP contribution is 2.10. The summed E-state index contributed by atoms with van der Waals surface area (Å²) in [7, 11) is 0. The molecule has 0 saturated heterocycles. The van der Waals surface area contributed by atoms with Crippen LogP contribution in [0.4, 0.5) is 0 Å². The maximum atomic E-state index is 5.22. The zero-order valence-electron chi connectivity index (χ0n) is 10.1. The average molecular weight is 303 g/mol. The summed E-state index contributed by atoms with van der Waals surface area (Å²) >= 11 is 3.39. The highest BCUT2D eigenvalue weighted by atomic mass is 79.9. The van der Waals surface area contributed by atoms with Gasteiger partial charge in [0.15, 0.2) is 0 Å². The van der Waals surface area contributed by atoms with Crippen LogP contribution in [-0.2, 0) is 11.4 Å². The molecule has 0 unspecified atom stereocenters. The van der Waals surface area contributed by atoms with Gasteiger partial charge in [-0.05, 0) is 24.6 Å². The van der Waals surface area contributed by atoms with Crippen LogP contribution < -0.4 is 0 Å². The van der Waals surface area contributed by atoms with E-state index in [1.165, 1.54) is 5.56 Å². The molecule has 91 valence electrons. The van der Waals surface area contributed by atoms with E-state index in [1.54, 1.807) is 0 Å². The van der Waals surface area contributed by atoms with Crippen molar-refractivity contribution in [1.82, 2.24) is 0 Å². The van der Waals surface area contributed by atoms with Crippen molar-refractivity contribution in [2.75, 3.05) is 0 Å². The summed E-state index contributed by atoms with van der Waals surface area (Å²) < 4.78 is 1.00. The zero-order valence-corrected chi connectivity index (χ0v) is 11.6. The highest BCUT2D eigenvalue weighted by molar-refractivity contribution is 9.10. The fraction of sp³-hybridized carbons (Fsp3) is 0.133. The molecule has 3 heteroatoms. The maximum absolute atomic E-state index is 5.22. The lowest BCUT2D eigenvalue weighted by molar-refractivity contribution is 0.132. The van der Waals surface area contributed by atoms with Gasteiger partial charge in [-0.3, -0.25) is 0 Å². The number of nitrogens with zero attached hydrogens (tertiary/aromatic N) is 1. The third kappa shape index (κ3) is 4.00. The van der Waals surface area contributed by atoms with Gasteiger partial charge in [0.25, 0.3) is 0 Å². The Bertz CT molecular complexity index is 552. The molecule has 2 nitrogen and oxygen atoms in total. The van der Waals surface area contributed by atoms with Gasteiger partial charge in [-0.25, -0.2) is 0 Å². The molecule has 18 heavy (non-hydrogen) atoms. The standard InChI is InChI=1S/C15H13BrNO/c1-12-4-2-6-14(8-12)11-18-17-10-13-5-3-7-15(16)9-13/h2-9H,11H2,1H3. The Morgan fingerprint density at radius 2 is 2.00 bits per heavy atom. The van der Waals surface area contributed by atoms with Crippen molar-refractivity contribution in [3.63, 3.8) is 0 Å². The van der Waals surface area contributed by atoms with E-state index in [2.05, 4.69) is 46.4 Å². The Labute approximate surface area is 115 Å². The van der Waals surface area contributed by atoms with Crippen LogP contribution in [0, 0.1) is 6.92 Å². The number of rotatable bonds is 4. The van der Waals surface area contributed by atoms with Crippen LogP contribution in [-0.4, -0.2) is 6.21 Å². The van der Waals surface area contributed by atoms with Gasteiger partial charge >= 0.3 is 0 Å². The van der Waals surface area contributed by atoms with E-state index in [0.29, 0.717) is 6.61 Å². The first-order valence-corrected chi connectivity index (χ1v) is 6.42. The molecule has 0 aliphatic rings. The highest BCUT2D eigenvalue weighted by Gasteiger charge is 1.93. The van der Waals surface area contributed by atoms with Gasteiger partial charge in [-0.1, -0.05) is 63.0 Å². The predicted octanol–water partition coefficient (Wildman–Crippen LogP) is 4.19. The molecule has 0 fully saturated rings. The summed E-state index contributed by atoms with van der Waals surface area (Å²) in [6.45, 7) is 2.52. The van der Waals surface area contributed by atoms with Crippen molar-refractivity contribution in [2.45, 2.75) is 13.5 Å². The molecule has 0 heterocycles. The molecule has 2 aromatic rings. The van der Waals surface area contributed by atoms with E-state index in [9.17, 15) is 0 Å². The first kappa shape index (κ1) is 12.8. The Kier molecular flexibility index (Phi) is 4.53. The minimum atomic E-state index is 0.461. The third-order valence-electron chi connectivity index (χ3n) is 2.38. The summed E-state index contributed by atoms with van der Waals surface area (Å²) in [6, 6.07) is 15.9. The van der Waals surface area contributed by atoms with Crippen molar-refractivity contribution >= 4 is 22.1 Å². The van der Waals surface area contributed by atoms with Gasteiger partial charge in [0, 0.05) is 10.0 Å². The van der Waals surface area contributed by atoms with Crippen LogP contribution in [0.5, 0.6) is 0 Å². The molecular weight excluding hydrogens is 290 g/mol. The molecule has 0 aliphatic carbocycles. The van der Waals surface area contributed by atoms with Crippen LogP contribution in [0.15, 0.2) is 58.2 Å². The van der Waals surface area contributed by atoms with Gasteiger partial charge in [-0.2, -0.15) is 0 Å². The van der Waals surface area contributed by atoms with E-state index >= 15 is 0 Å². The van der Waals surface area contributed by atoms with Gasteiger partial charge < -0.3 is 4.84 Å². The Morgan fingerprint density at radius 3 is 2.78 bits per heavy atom. The molecule has 0 saturated carbocycles. The van der Waals surface area contributed by atoms with E-state index in [0.717, 1.165) is 15.6 Å². The summed E-state index contributed by atoms with van der Waals surface area (Å²) in [5.74, 6) is 0. The molecular formula is C15H13BrNO. The fourth-order valence-electron chi connectivity index (χ4n) is 1.55. The monoisotopic (exact) mass is 302 g/mol. The van der Waals surface area contributed by atoms with Gasteiger partial charge in [0.05, 0.1) is 0 Å². The fourth-order valence-corrected chi connectivity index (χ4v) is 1.95. The number of hydrogen-bond acceptors (Lipinski definition) is 2. The summed E-state index contributed by atoms with van der Waals surface area (Å²) in [5.41, 5.74) is 3.21. The topological polar surface area (TPSA) is 21.6 Å². The van der Waals surface area contributed by atoms with Crippen LogP contribution in [0.1, 0.15) is 16.7 Å². The molecule has 0 bridgehead atoms. The minimum Gasteiger partial charge on any atom is -0.390 e. The largest absolute Gasteiger partial charge is 0.390 e. The molecule has 0 atom stereocenters. The van der Waals surface area contributed by atoms with Gasteiger partial charge in [0.2, 0.25) is 0 Å². The SMILES string of the molecule is Cc1cccc(CO/N=[C]\c2cccc(Br)c2)c1. The van der Waals surface area contributed by atoms with E-state index in [4.69, 9.17) is 4.84 Å². The molecule has 0 amide bonds. The Balaban J connectivity index is 1.89. The second-order valence-electron chi connectivity index (χ2n) is 3.98. The Morgan fingerprint density at radius 1 is 1.17 bits per heavy atom. The summed E-state index contributed by atoms with van der Waals surface area (Å²) in [6.07, 6.45) is 2.84. The van der Waals surface area contributed by atoms with Crippen LogP contribution in [0.25, 0.3) is 0 Å².